The number of carbonyl (C=O) groups excluding carboxylic acids is 2. The SMILES string of the molecule is CCCOc1ccc(N2C(=O)C[C@H](NCCCc3ccccc3)C2=O)cc1. The van der Waals surface area contributed by atoms with Crippen LogP contribution in [0.3, 0.4) is 0 Å². The monoisotopic (exact) mass is 366 g/mol. The molecule has 1 saturated heterocycles. The van der Waals surface area contributed by atoms with E-state index in [0.29, 0.717) is 18.8 Å². The first kappa shape index (κ1) is 19.1. The Morgan fingerprint density at radius 3 is 2.52 bits per heavy atom. The van der Waals surface area contributed by atoms with Crippen molar-refractivity contribution in [2.45, 2.75) is 38.6 Å². The van der Waals surface area contributed by atoms with Crippen LogP contribution >= 0.6 is 0 Å². The van der Waals surface area contributed by atoms with Gasteiger partial charge in [-0.3, -0.25) is 9.59 Å². The van der Waals surface area contributed by atoms with Crippen molar-refractivity contribution in [2.24, 2.45) is 0 Å². The van der Waals surface area contributed by atoms with Crippen LogP contribution in [0.25, 0.3) is 0 Å². The lowest BCUT2D eigenvalue weighted by molar-refractivity contribution is -0.121. The van der Waals surface area contributed by atoms with Crippen molar-refractivity contribution >= 4 is 17.5 Å². The number of amides is 2. The van der Waals surface area contributed by atoms with Gasteiger partial charge in [0.05, 0.1) is 24.8 Å². The molecule has 2 aromatic carbocycles. The number of nitrogens with one attached hydrogen (secondary N) is 1. The summed E-state index contributed by atoms with van der Waals surface area (Å²) in [5.74, 6) is 0.403. The number of imide groups is 1. The molecule has 0 radical (unpaired) electrons. The van der Waals surface area contributed by atoms with Gasteiger partial charge in [-0.15, -0.1) is 0 Å². The summed E-state index contributed by atoms with van der Waals surface area (Å²) < 4.78 is 5.55. The van der Waals surface area contributed by atoms with Gasteiger partial charge in [-0.1, -0.05) is 37.3 Å². The van der Waals surface area contributed by atoms with Crippen molar-refractivity contribution in [3.8, 4) is 5.75 Å². The van der Waals surface area contributed by atoms with Gasteiger partial charge in [0, 0.05) is 0 Å². The normalized spacial score (nSPS) is 16.8. The van der Waals surface area contributed by atoms with E-state index in [2.05, 4.69) is 17.4 Å². The molecule has 2 amide bonds. The molecule has 1 fully saturated rings. The van der Waals surface area contributed by atoms with E-state index in [9.17, 15) is 9.59 Å². The molecular weight excluding hydrogens is 340 g/mol. The molecule has 142 valence electrons. The quantitative estimate of drug-likeness (QED) is 0.546. The number of carbonyl (C=O) groups is 2. The lowest BCUT2D eigenvalue weighted by Gasteiger charge is -2.16. The fourth-order valence-electron chi connectivity index (χ4n) is 3.19. The molecule has 1 aliphatic rings. The van der Waals surface area contributed by atoms with Crippen molar-refractivity contribution < 1.29 is 14.3 Å². The molecule has 5 nitrogen and oxygen atoms in total. The Bertz CT molecular complexity index is 759. The summed E-state index contributed by atoms with van der Waals surface area (Å²) >= 11 is 0. The predicted octanol–water partition coefficient (Wildman–Crippen LogP) is 3.33. The van der Waals surface area contributed by atoms with Crippen LogP contribution < -0.4 is 15.0 Å². The van der Waals surface area contributed by atoms with Gasteiger partial charge in [-0.05, 0) is 55.6 Å². The Morgan fingerprint density at radius 2 is 1.81 bits per heavy atom. The average molecular weight is 366 g/mol. The third-order valence-corrected chi connectivity index (χ3v) is 4.59. The lowest BCUT2D eigenvalue weighted by atomic mass is 10.1. The number of benzene rings is 2. The maximum atomic E-state index is 12.6. The average Bonchev–Trinajstić information content (AvgIpc) is 2.98. The Balaban J connectivity index is 1.52. The lowest BCUT2D eigenvalue weighted by Crippen LogP contribution is -2.39. The largest absolute Gasteiger partial charge is 0.494 e. The van der Waals surface area contributed by atoms with Gasteiger partial charge < -0.3 is 10.1 Å². The van der Waals surface area contributed by atoms with Crippen LogP contribution in [0.5, 0.6) is 5.75 Å². The van der Waals surface area contributed by atoms with E-state index in [1.165, 1.54) is 10.5 Å². The van der Waals surface area contributed by atoms with Crippen LogP contribution in [0.1, 0.15) is 31.7 Å². The highest BCUT2D eigenvalue weighted by atomic mass is 16.5. The Labute approximate surface area is 160 Å². The zero-order valence-electron chi connectivity index (χ0n) is 15.7. The van der Waals surface area contributed by atoms with Crippen molar-refractivity contribution in [1.82, 2.24) is 5.32 Å². The highest BCUT2D eigenvalue weighted by Gasteiger charge is 2.39. The molecule has 3 rings (SSSR count). The standard InChI is InChI=1S/C22H26N2O3/c1-2-15-27-19-12-10-18(11-13-19)24-21(25)16-20(22(24)26)23-14-6-9-17-7-4-3-5-8-17/h3-5,7-8,10-13,20,23H,2,6,9,14-16H2,1H3/t20-/m0/s1. The van der Waals surface area contributed by atoms with Gasteiger partial charge in [0.1, 0.15) is 5.75 Å². The molecule has 1 N–H and O–H groups in total. The van der Waals surface area contributed by atoms with Gasteiger partial charge in [-0.2, -0.15) is 0 Å². The van der Waals surface area contributed by atoms with Crippen LogP contribution in [0.4, 0.5) is 5.69 Å². The maximum absolute atomic E-state index is 12.6. The molecule has 0 saturated carbocycles. The topological polar surface area (TPSA) is 58.6 Å². The molecule has 0 bridgehead atoms. The molecule has 0 aliphatic carbocycles. The molecule has 0 unspecified atom stereocenters. The number of rotatable bonds is 9. The third kappa shape index (κ3) is 4.95. The Kier molecular flexibility index (Phi) is 6.60. The number of hydrogen-bond acceptors (Lipinski definition) is 4. The fourth-order valence-corrected chi connectivity index (χ4v) is 3.19. The third-order valence-electron chi connectivity index (χ3n) is 4.59. The van der Waals surface area contributed by atoms with E-state index in [4.69, 9.17) is 4.74 Å². The summed E-state index contributed by atoms with van der Waals surface area (Å²) in [4.78, 5) is 26.3. The van der Waals surface area contributed by atoms with E-state index < -0.39 is 6.04 Å². The molecule has 1 heterocycles. The van der Waals surface area contributed by atoms with Gasteiger partial charge in [0.25, 0.3) is 5.91 Å². The fraction of sp³-hybridized carbons (Fsp3) is 0.364. The van der Waals surface area contributed by atoms with Crippen LogP contribution in [0.2, 0.25) is 0 Å². The van der Waals surface area contributed by atoms with E-state index in [0.717, 1.165) is 25.0 Å². The van der Waals surface area contributed by atoms with Gasteiger partial charge in [-0.25, -0.2) is 4.90 Å². The predicted molar refractivity (Wildman–Crippen MR) is 106 cm³/mol. The molecule has 0 aromatic heterocycles. The Hall–Kier alpha value is -2.66. The minimum atomic E-state index is -0.440. The summed E-state index contributed by atoms with van der Waals surface area (Å²) in [7, 11) is 0. The number of ether oxygens (including phenoxy) is 1. The molecule has 1 aliphatic heterocycles. The minimum absolute atomic E-state index is 0.164. The Morgan fingerprint density at radius 1 is 1.07 bits per heavy atom. The molecule has 0 spiro atoms. The highest BCUT2D eigenvalue weighted by molar-refractivity contribution is 6.22. The second-order valence-electron chi connectivity index (χ2n) is 6.71. The first-order valence-electron chi connectivity index (χ1n) is 9.56. The van der Waals surface area contributed by atoms with Crippen LogP contribution in [-0.2, 0) is 16.0 Å². The van der Waals surface area contributed by atoms with E-state index in [-0.39, 0.29) is 18.2 Å². The van der Waals surface area contributed by atoms with Crippen molar-refractivity contribution in [3.63, 3.8) is 0 Å². The van der Waals surface area contributed by atoms with E-state index >= 15 is 0 Å². The summed E-state index contributed by atoms with van der Waals surface area (Å²) in [5, 5.41) is 3.23. The summed E-state index contributed by atoms with van der Waals surface area (Å²) in [6.45, 7) is 3.40. The van der Waals surface area contributed by atoms with Crippen molar-refractivity contribution in [1.29, 1.82) is 0 Å². The summed E-state index contributed by atoms with van der Waals surface area (Å²) in [6.07, 6.45) is 3.01. The van der Waals surface area contributed by atoms with Crippen LogP contribution in [0, 0.1) is 0 Å². The summed E-state index contributed by atoms with van der Waals surface area (Å²) in [5.41, 5.74) is 1.88. The zero-order chi connectivity index (χ0) is 19.1. The molecular formula is C22H26N2O3. The van der Waals surface area contributed by atoms with Crippen molar-refractivity contribution in [3.05, 3.63) is 60.2 Å². The van der Waals surface area contributed by atoms with Crippen molar-refractivity contribution in [2.75, 3.05) is 18.1 Å². The zero-order valence-corrected chi connectivity index (χ0v) is 15.7. The van der Waals surface area contributed by atoms with Gasteiger partial charge >= 0.3 is 0 Å². The molecule has 1 atom stereocenters. The second-order valence-corrected chi connectivity index (χ2v) is 6.71. The smallest absolute Gasteiger partial charge is 0.251 e. The number of nitrogens with zero attached hydrogens (tertiary/aromatic N) is 1. The second kappa shape index (κ2) is 9.33. The number of hydrogen-bond donors (Lipinski definition) is 1. The van der Waals surface area contributed by atoms with Gasteiger partial charge in [0.15, 0.2) is 0 Å². The minimum Gasteiger partial charge on any atom is -0.494 e. The highest BCUT2D eigenvalue weighted by Crippen LogP contribution is 2.25. The van der Waals surface area contributed by atoms with E-state index in [1.54, 1.807) is 24.3 Å². The van der Waals surface area contributed by atoms with Crippen LogP contribution in [0.15, 0.2) is 54.6 Å². The first-order chi connectivity index (χ1) is 13.2. The first-order valence-corrected chi connectivity index (χ1v) is 9.56. The molecule has 5 heteroatoms. The number of aryl methyl sites for hydroxylation is 1. The molecule has 2 aromatic rings. The van der Waals surface area contributed by atoms with E-state index in [1.807, 2.05) is 25.1 Å². The molecule has 27 heavy (non-hydrogen) atoms. The maximum Gasteiger partial charge on any atom is 0.251 e. The van der Waals surface area contributed by atoms with Crippen LogP contribution in [-0.4, -0.2) is 31.0 Å². The number of anilines is 1. The summed E-state index contributed by atoms with van der Waals surface area (Å²) in [6, 6.07) is 16.9. The van der Waals surface area contributed by atoms with Gasteiger partial charge in [0.2, 0.25) is 5.91 Å².